The van der Waals surface area contributed by atoms with Crippen LogP contribution in [0.1, 0.15) is 52.7 Å². The van der Waals surface area contributed by atoms with Crippen LogP contribution in [0.25, 0.3) is 76.2 Å². The fourth-order valence-corrected chi connectivity index (χ4v) is 12.3. The summed E-state index contributed by atoms with van der Waals surface area (Å²) in [6.45, 7) is 13.9. The van der Waals surface area contributed by atoms with Gasteiger partial charge in [0.15, 0.2) is 0 Å². The van der Waals surface area contributed by atoms with Crippen molar-refractivity contribution in [2.75, 3.05) is 4.90 Å². The second-order valence-corrected chi connectivity index (χ2v) is 20.8. The monoisotopic (exact) mass is 827 g/mol. The van der Waals surface area contributed by atoms with E-state index in [2.05, 4.69) is 225 Å². The Morgan fingerprint density at radius 3 is 1.76 bits per heavy atom. The fraction of sp³-hybridized carbons (Fsp3) is 0.138. The summed E-state index contributed by atoms with van der Waals surface area (Å²) in [7, 11) is 0. The third-order valence-electron chi connectivity index (χ3n) is 14.0. The molecule has 0 spiro atoms. The predicted octanol–water partition coefficient (Wildman–Crippen LogP) is 14.0. The molecule has 11 aromatic rings. The molecule has 0 saturated carbocycles. The molecular weight excluding hydrogens is 782 g/mol. The minimum Gasteiger partial charge on any atom is -0.310 e. The molecule has 0 fully saturated rings. The van der Waals surface area contributed by atoms with Crippen molar-refractivity contribution < 1.29 is 0 Å². The Hall–Kier alpha value is -6.82. The highest BCUT2D eigenvalue weighted by Gasteiger charge is 2.45. The van der Waals surface area contributed by atoms with Crippen molar-refractivity contribution >= 4 is 105 Å². The minimum atomic E-state index is -0.00372. The normalized spacial score (nSPS) is 13.5. The van der Waals surface area contributed by atoms with Crippen LogP contribution >= 0.6 is 11.3 Å². The zero-order valence-corrected chi connectivity index (χ0v) is 37.3. The summed E-state index contributed by atoms with van der Waals surface area (Å²) >= 11 is 1.98. The Morgan fingerprint density at radius 1 is 0.460 bits per heavy atom. The largest absolute Gasteiger partial charge is 0.310 e. The van der Waals surface area contributed by atoms with Gasteiger partial charge in [0.25, 0.3) is 6.71 Å². The molecule has 3 aromatic heterocycles. The first kappa shape index (κ1) is 36.8. The molecule has 302 valence electrons. The van der Waals surface area contributed by atoms with Crippen molar-refractivity contribution in [2.45, 2.75) is 52.4 Å². The van der Waals surface area contributed by atoms with Crippen molar-refractivity contribution in [1.29, 1.82) is 0 Å². The molecule has 0 amide bonds. The number of aromatic nitrogens is 2. The van der Waals surface area contributed by atoms with Crippen LogP contribution in [0.2, 0.25) is 0 Å². The minimum absolute atomic E-state index is 0.00126. The molecule has 5 heterocycles. The Kier molecular flexibility index (Phi) is 7.52. The van der Waals surface area contributed by atoms with Gasteiger partial charge >= 0.3 is 0 Å². The van der Waals surface area contributed by atoms with E-state index in [0.717, 1.165) is 0 Å². The highest BCUT2D eigenvalue weighted by molar-refractivity contribution is 7.33. The van der Waals surface area contributed by atoms with Crippen molar-refractivity contribution in [2.24, 2.45) is 0 Å². The van der Waals surface area contributed by atoms with Crippen LogP contribution in [0.5, 0.6) is 0 Å². The highest BCUT2D eigenvalue weighted by atomic mass is 32.1. The van der Waals surface area contributed by atoms with E-state index in [1.807, 2.05) is 11.3 Å². The molecule has 0 saturated heterocycles. The van der Waals surface area contributed by atoms with Gasteiger partial charge in [-0.3, -0.25) is 0 Å². The Bertz CT molecular complexity index is 3690. The van der Waals surface area contributed by atoms with Gasteiger partial charge in [-0.2, -0.15) is 0 Å². The van der Waals surface area contributed by atoms with Crippen molar-refractivity contribution in [1.82, 2.24) is 9.13 Å². The van der Waals surface area contributed by atoms with E-state index in [1.165, 1.54) is 120 Å². The summed E-state index contributed by atoms with van der Waals surface area (Å²) in [5.41, 5.74) is 19.1. The predicted molar refractivity (Wildman–Crippen MR) is 273 cm³/mol. The van der Waals surface area contributed by atoms with Crippen LogP contribution in [0.4, 0.5) is 17.1 Å². The fourth-order valence-electron chi connectivity index (χ4n) is 11.0. The Balaban J connectivity index is 1.24. The topological polar surface area (TPSA) is 13.1 Å². The second-order valence-electron chi connectivity index (χ2n) is 19.8. The molecule has 0 atom stereocenters. The van der Waals surface area contributed by atoms with Gasteiger partial charge in [0.1, 0.15) is 0 Å². The SMILES string of the molecule is CC(C)(C)c1ccc(N2c3cc(-c4ccccc4)cc4c3B(c3sc5ccc(C(C)(C)C)cc5c32)c2cc3c(c5ccccc5n3-c3ccccc3)c3c5ccccc5n-4c23)cc1. The third kappa shape index (κ3) is 5.14. The van der Waals surface area contributed by atoms with E-state index in [1.54, 1.807) is 0 Å². The standard InChI is InChI=1S/C58H46BN3S/c1-57(2,3)37-25-28-40(29-26-37)61-48-31-36(35-17-9-7-10-18-35)32-49-53(48)59(56-54(61)43-33-38(58(4,5)6)27-30-50(43)63-56)44-34-47-51(52-42-22-14-16-24-46(42)62(49)55(44)52)41-21-13-15-23-45(41)60(47)39-19-11-8-12-20-39/h7-34H,1-6H3. The maximum atomic E-state index is 2.63. The summed E-state index contributed by atoms with van der Waals surface area (Å²) in [6, 6.07) is 64.3. The van der Waals surface area contributed by atoms with Gasteiger partial charge in [0.05, 0.1) is 27.8 Å². The van der Waals surface area contributed by atoms with Crippen LogP contribution in [0, 0.1) is 0 Å². The van der Waals surface area contributed by atoms with E-state index in [4.69, 9.17) is 0 Å². The second kappa shape index (κ2) is 12.9. The first-order valence-corrected chi connectivity index (χ1v) is 23.1. The van der Waals surface area contributed by atoms with Gasteiger partial charge in [-0.05, 0) is 111 Å². The van der Waals surface area contributed by atoms with Crippen molar-refractivity contribution in [3.63, 3.8) is 0 Å². The Labute approximate surface area is 372 Å². The maximum absolute atomic E-state index is 2.63. The molecule has 0 N–H and O–H groups in total. The lowest BCUT2D eigenvalue weighted by molar-refractivity contribution is 0.590. The van der Waals surface area contributed by atoms with Gasteiger partial charge < -0.3 is 14.0 Å². The number of nitrogens with zero attached hydrogens (tertiary/aromatic N) is 3. The van der Waals surface area contributed by atoms with Crippen LogP contribution < -0.4 is 20.6 Å². The molecule has 8 aromatic carbocycles. The van der Waals surface area contributed by atoms with E-state index in [0.29, 0.717) is 0 Å². The number of benzene rings is 8. The smallest absolute Gasteiger partial charge is 0.264 e. The average molecular weight is 828 g/mol. The molecular formula is C58H46BN3S. The van der Waals surface area contributed by atoms with Crippen LogP contribution in [-0.2, 0) is 10.8 Å². The summed E-state index contributed by atoms with van der Waals surface area (Å²) < 4.78 is 7.86. The number of fused-ring (bicyclic) bond motifs is 13. The zero-order valence-electron chi connectivity index (χ0n) is 36.5. The molecule has 13 rings (SSSR count). The third-order valence-corrected chi connectivity index (χ3v) is 15.2. The molecule has 0 bridgehead atoms. The number of rotatable bonds is 3. The molecule has 3 nitrogen and oxygen atoms in total. The Morgan fingerprint density at radius 2 is 1.06 bits per heavy atom. The van der Waals surface area contributed by atoms with Crippen LogP contribution in [0.15, 0.2) is 170 Å². The lowest BCUT2D eigenvalue weighted by Gasteiger charge is -2.39. The summed E-state index contributed by atoms with van der Waals surface area (Å²) in [5.74, 6) is 0. The number of para-hydroxylation sites is 3. The maximum Gasteiger partial charge on any atom is 0.264 e. The lowest BCUT2D eigenvalue weighted by Crippen LogP contribution is -2.59. The van der Waals surface area contributed by atoms with Gasteiger partial charge in [-0.1, -0.05) is 145 Å². The summed E-state index contributed by atoms with van der Waals surface area (Å²) in [6.07, 6.45) is 0. The number of hydrogen-bond acceptors (Lipinski definition) is 2. The molecule has 63 heavy (non-hydrogen) atoms. The molecule has 0 radical (unpaired) electrons. The zero-order chi connectivity index (χ0) is 42.5. The highest BCUT2D eigenvalue weighted by Crippen LogP contribution is 2.50. The van der Waals surface area contributed by atoms with E-state index >= 15 is 0 Å². The van der Waals surface area contributed by atoms with Gasteiger partial charge in [0.2, 0.25) is 0 Å². The van der Waals surface area contributed by atoms with Gasteiger partial charge in [-0.15, -0.1) is 11.3 Å². The summed E-state index contributed by atoms with van der Waals surface area (Å²) in [5, 5.41) is 6.53. The van der Waals surface area contributed by atoms with Crippen molar-refractivity contribution in [3.05, 3.63) is 181 Å². The molecule has 2 aliphatic rings. The molecule has 0 unspecified atom stereocenters. The van der Waals surface area contributed by atoms with E-state index in [9.17, 15) is 0 Å². The number of thiophene rings is 1. The first-order chi connectivity index (χ1) is 30.5. The molecule has 0 aliphatic carbocycles. The number of anilines is 3. The average Bonchev–Trinajstić information content (AvgIpc) is 3.96. The van der Waals surface area contributed by atoms with Crippen LogP contribution in [-0.4, -0.2) is 15.8 Å². The van der Waals surface area contributed by atoms with Gasteiger partial charge in [0, 0.05) is 59.2 Å². The first-order valence-electron chi connectivity index (χ1n) is 22.3. The lowest BCUT2D eigenvalue weighted by atomic mass is 9.36. The number of hydrogen-bond donors (Lipinski definition) is 0. The van der Waals surface area contributed by atoms with Gasteiger partial charge in [-0.25, -0.2) is 0 Å². The quantitative estimate of drug-likeness (QED) is 0.162. The van der Waals surface area contributed by atoms with E-state index in [-0.39, 0.29) is 17.5 Å². The molecule has 5 heteroatoms. The molecule has 2 aliphatic heterocycles. The van der Waals surface area contributed by atoms with Crippen LogP contribution in [0.3, 0.4) is 0 Å². The van der Waals surface area contributed by atoms with Crippen molar-refractivity contribution in [3.8, 4) is 22.5 Å². The summed E-state index contributed by atoms with van der Waals surface area (Å²) in [4.78, 5) is 2.63. The van der Waals surface area contributed by atoms with E-state index < -0.39 is 0 Å².